The van der Waals surface area contributed by atoms with Crippen molar-refractivity contribution in [2.24, 2.45) is 0 Å². The molecule has 1 aliphatic rings. The second-order valence-electron chi connectivity index (χ2n) is 3.90. The van der Waals surface area contributed by atoms with Gasteiger partial charge in [0.05, 0.1) is 12.2 Å². The van der Waals surface area contributed by atoms with Gasteiger partial charge in [-0.1, -0.05) is 12.8 Å². The van der Waals surface area contributed by atoms with Crippen LogP contribution >= 0.6 is 0 Å². The summed E-state index contributed by atoms with van der Waals surface area (Å²) in [6.45, 7) is 4.22. The first kappa shape index (κ1) is 10.0. The van der Waals surface area contributed by atoms with E-state index in [9.17, 15) is 0 Å². The largest absolute Gasteiger partial charge is 0.374 e. The molecule has 0 radical (unpaired) electrons. The number of rotatable bonds is 3. The fraction of sp³-hybridized carbons (Fsp3) is 1.00. The molecule has 0 amide bonds. The van der Waals surface area contributed by atoms with Gasteiger partial charge in [0, 0.05) is 6.04 Å². The second-order valence-corrected chi connectivity index (χ2v) is 3.90. The second kappa shape index (κ2) is 4.83. The maximum atomic E-state index is 5.83. The number of likely N-dealkylation sites (N-methyl/N-ethyl adjacent to an activating group) is 1. The van der Waals surface area contributed by atoms with Gasteiger partial charge in [-0.2, -0.15) is 0 Å². The van der Waals surface area contributed by atoms with Crippen LogP contribution < -0.4 is 5.32 Å². The smallest absolute Gasteiger partial charge is 0.0731 e. The Bertz CT molecular complexity index is 125. The molecule has 0 unspecified atom stereocenters. The Balaban J connectivity index is 2.36. The summed E-state index contributed by atoms with van der Waals surface area (Å²) in [7, 11) is 2.03. The van der Waals surface area contributed by atoms with Gasteiger partial charge >= 0.3 is 0 Å². The minimum atomic E-state index is 0.365. The first-order chi connectivity index (χ1) is 5.74. The summed E-state index contributed by atoms with van der Waals surface area (Å²) < 4.78 is 5.83. The average Bonchev–Trinajstić information content (AvgIpc) is 2.04. The average molecular weight is 171 g/mol. The van der Waals surface area contributed by atoms with Crippen LogP contribution in [0.2, 0.25) is 0 Å². The normalized spacial score (nSPS) is 31.0. The Morgan fingerprint density at radius 1 is 1.25 bits per heavy atom. The molecule has 0 heterocycles. The van der Waals surface area contributed by atoms with Crippen molar-refractivity contribution in [2.45, 2.75) is 57.8 Å². The van der Waals surface area contributed by atoms with Gasteiger partial charge in [-0.15, -0.1) is 0 Å². The van der Waals surface area contributed by atoms with Gasteiger partial charge in [0.15, 0.2) is 0 Å². The van der Waals surface area contributed by atoms with Crippen LogP contribution in [0, 0.1) is 0 Å². The van der Waals surface area contributed by atoms with Crippen LogP contribution in [0.25, 0.3) is 0 Å². The van der Waals surface area contributed by atoms with Crippen molar-refractivity contribution in [3.63, 3.8) is 0 Å². The third kappa shape index (κ3) is 2.76. The number of hydrogen-bond donors (Lipinski definition) is 1. The van der Waals surface area contributed by atoms with Crippen molar-refractivity contribution in [2.75, 3.05) is 7.05 Å². The Morgan fingerprint density at radius 3 is 2.50 bits per heavy atom. The Labute approximate surface area is 75.7 Å². The van der Waals surface area contributed by atoms with E-state index in [0.29, 0.717) is 18.2 Å². The molecule has 0 aromatic rings. The Kier molecular flexibility index (Phi) is 4.02. The van der Waals surface area contributed by atoms with Crippen molar-refractivity contribution in [1.82, 2.24) is 5.32 Å². The molecule has 0 bridgehead atoms. The summed E-state index contributed by atoms with van der Waals surface area (Å²) >= 11 is 0. The lowest BCUT2D eigenvalue weighted by Crippen LogP contribution is -2.42. The summed E-state index contributed by atoms with van der Waals surface area (Å²) in [4.78, 5) is 0. The molecule has 1 rings (SSSR count). The predicted octanol–water partition coefficient (Wildman–Crippen LogP) is 1.94. The zero-order valence-corrected chi connectivity index (χ0v) is 8.47. The van der Waals surface area contributed by atoms with E-state index in [0.717, 1.165) is 0 Å². The number of nitrogens with one attached hydrogen (secondary N) is 1. The van der Waals surface area contributed by atoms with Gasteiger partial charge in [-0.25, -0.2) is 0 Å². The van der Waals surface area contributed by atoms with Crippen molar-refractivity contribution < 1.29 is 4.74 Å². The molecule has 1 saturated carbocycles. The molecule has 0 spiro atoms. The number of hydrogen-bond acceptors (Lipinski definition) is 2. The zero-order valence-electron chi connectivity index (χ0n) is 8.47. The van der Waals surface area contributed by atoms with Crippen LogP contribution in [-0.2, 0) is 4.74 Å². The van der Waals surface area contributed by atoms with Crippen LogP contribution in [0.1, 0.15) is 39.5 Å². The third-order valence-corrected chi connectivity index (χ3v) is 2.52. The van der Waals surface area contributed by atoms with Gasteiger partial charge in [-0.05, 0) is 33.7 Å². The van der Waals surface area contributed by atoms with E-state index in [-0.39, 0.29) is 0 Å². The zero-order chi connectivity index (χ0) is 8.97. The molecular weight excluding hydrogens is 150 g/mol. The third-order valence-electron chi connectivity index (χ3n) is 2.52. The van der Waals surface area contributed by atoms with Crippen molar-refractivity contribution >= 4 is 0 Å². The molecule has 12 heavy (non-hydrogen) atoms. The van der Waals surface area contributed by atoms with Gasteiger partial charge in [-0.3, -0.25) is 0 Å². The standard InChI is InChI=1S/C10H21NO/c1-8(2)12-10-7-5-4-6-9(10)11-3/h8-11H,4-7H2,1-3H3/t9-,10+/m0/s1. The molecule has 0 saturated heterocycles. The Morgan fingerprint density at radius 2 is 1.92 bits per heavy atom. The van der Waals surface area contributed by atoms with Crippen molar-refractivity contribution in [3.05, 3.63) is 0 Å². The van der Waals surface area contributed by atoms with Gasteiger partial charge in [0.2, 0.25) is 0 Å². The SMILES string of the molecule is CN[C@H]1CCCC[C@H]1OC(C)C. The lowest BCUT2D eigenvalue weighted by atomic mass is 9.92. The van der Waals surface area contributed by atoms with Crippen LogP contribution in [0.3, 0.4) is 0 Å². The first-order valence-corrected chi connectivity index (χ1v) is 5.06. The molecule has 72 valence electrons. The van der Waals surface area contributed by atoms with E-state index in [2.05, 4.69) is 19.2 Å². The molecule has 0 aliphatic heterocycles. The lowest BCUT2D eigenvalue weighted by molar-refractivity contribution is -0.0292. The van der Waals surface area contributed by atoms with E-state index in [1.54, 1.807) is 0 Å². The topological polar surface area (TPSA) is 21.3 Å². The predicted molar refractivity (Wildman–Crippen MR) is 51.3 cm³/mol. The lowest BCUT2D eigenvalue weighted by Gasteiger charge is -2.32. The van der Waals surface area contributed by atoms with E-state index in [4.69, 9.17) is 4.74 Å². The molecule has 1 N–H and O–H groups in total. The van der Waals surface area contributed by atoms with E-state index >= 15 is 0 Å². The molecule has 2 atom stereocenters. The minimum absolute atomic E-state index is 0.365. The van der Waals surface area contributed by atoms with Crippen molar-refractivity contribution in [3.8, 4) is 0 Å². The fourth-order valence-electron chi connectivity index (χ4n) is 1.94. The molecule has 0 aromatic carbocycles. The summed E-state index contributed by atoms with van der Waals surface area (Å²) in [6.07, 6.45) is 5.99. The summed E-state index contributed by atoms with van der Waals surface area (Å²) in [5.74, 6) is 0. The molecule has 1 fully saturated rings. The van der Waals surface area contributed by atoms with Crippen LogP contribution in [0.4, 0.5) is 0 Å². The molecule has 2 nitrogen and oxygen atoms in total. The molecule has 1 aliphatic carbocycles. The van der Waals surface area contributed by atoms with E-state index in [1.165, 1.54) is 25.7 Å². The highest BCUT2D eigenvalue weighted by atomic mass is 16.5. The highest BCUT2D eigenvalue weighted by Crippen LogP contribution is 2.21. The van der Waals surface area contributed by atoms with Crippen LogP contribution in [0.5, 0.6) is 0 Å². The van der Waals surface area contributed by atoms with Crippen molar-refractivity contribution in [1.29, 1.82) is 0 Å². The first-order valence-electron chi connectivity index (χ1n) is 5.06. The van der Waals surface area contributed by atoms with E-state index < -0.39 is 0 Å². The summed E-state index contributed by atoms with van der Waals surface area (Å²) in [6, 6.07) is 0.584. The molecule has 2 heteroatoms. The maximum absolute atomic E-state index is 5.83. The van der Waals surface area contributed by atoms with Gasteiger partial charge in [0.25, 0.3) is 0 Å². The highest BCUT2D eigenvalue weighted by Gasteiger charge is 2.24. The van der Waals surface area contributed by atoms with Gasteiger partial charge in [0.1, 0.15) is 0 Å². The fourth-order valence-corrected chi connectivity index (χ4v) is 1.94. The quantitative estimate of drug-likeness (QED) is 0.700. The maximum Gasteiger partial charge on any atom is 0.0731 e. The number of ether oxygens (including phenoxy) is 1. The van der Waals surface area contributed by atoms with E-state index in [1.807, 2.05) is 7.05 Å². The summed E-state index contributed by atoms with van der Waals surface area (Å²) in [5.41, 5.74) is 0. The monoisotopic (exact) mass is 171 g/mol. The van der Waals surface area contributed by atoms with Gasteiger partial charge < -0.3 is 10.1 Å². The minimum Gasteiger partial charge on any atom is -0.374 e. The summed E-state index contributed by atoms with van der Waals surface area (Å²) in [5, 5.41) is 3.33. The molecular formula is C10H21NO. The highest BCUT2D eigenvalue weighted by molar-refractivity contribution is 4.80. The molecule has 0 aromatic heterocycles. The Hall–Kier alpha value is -0.0800. The van der Waals surface area contributed by atoms with Crippen LogP contribution in [0.15, 0.2) is 0 Å². The van der Waals surface area contributed by atoms with Crippen LogP contribution in [-0.4, -0.2) is 25.3 Å².